The molecule has 1 aromatic carbocycles. The minimum Gasteiger partial charge on any atom is -0.354 e. The van der Waals surface area contributed by atoms with Gasteiger partial charge in [0.25, 0.3) is 0 Å². The van der Waals surface area contributed by atoms with E-state index >= 15 is 0 Å². The summed E-state index contributed by atoms with van der Waals surface area (Å²) in [6.07, 6.45) is 0. The van der Waals surface area contributed by atoms with Gasteiger partial charge < -0.3 is 10.6 Å². The first kappa shape index (κ1) is 16.5. The van der Waals surface area contributed by atoms with Crippen LogP contribution in [0.5, 0.6) is 0 Å². The van der Waals surface area contributed by atoms with Crippen molar-refractivity contribution >= 4 is 33.4 Å². The minimum atomic E-state index is -0.238. The summed E-state index contributed by atoms with van der Waals surface area (Å²) in [5.74, 6) is 0.471. The Kier molecular flexibility index (Phi) is 6.83. The maximum Gasteiger partial charge on any atom is 0.236 e. The van der Waals surface area contributed by atoms with E-state index in [9.17, 15) is 4.79 Å². The number of nitrogens with one attached hydrogen (secondary N) is 2. The number of carbonyl (C=O) groups is 1. The predicted molar refractivity (Wildman–Crippen MR) is 83.3 cm³/mol. The molecule has 1 rings (SSSR count). The molecule has 3 nitrogen and oxygen atoms in total. The smallest absolute Gasteiger partial charge is 0.236 e. The van der Waals surface area contributed by atoms with Crippen molar-refractivity contribution in [3.8, 4) is 0 Å². The van der Waals surface area contributed by atoms with Gasteiger partial charge in [-0.15, -0.1) is 0 Å². The molecule has 0 aliphatic carbocycles. The zero-order chi connectivity index (χ0) is 14.4. The molecule has 1 amide bonds. The molecule has 1 unspecified atom stereocenters. The largest absolute Gasteiger partial charge is 0.354 e. The van der Waals surface area contributed by atoms with Gasteiger partial charge in [-0.2, -0.15) is 0 Å². The zero-order valence-electron chi connectivity index (χ0n) is 11.5. The molecule has 1 atom stereocenters. The van der Waals surface area contributed by atoms with Crippen LogP contribution in [-0.2, 0) is 11.3 Å². The van der Waals surface area contributed by atoms with E-state index in [4.69, 9.17) is 11.6 Å². The van der Waals surface area contributed by atoms with E-state index in [1.165, 1.54) is 0 Å². The number of benzene rings is 1. The number of halogens is 2. The Morgan fingerprint density at radius 2 is 2.05 bits per heavy atom. The van der Waals surface area contributed by atoms with Gasteiger partial charge in [0, 0.05) is 22.6 Å². The maximum absolute atomic E-state index is 11.8. The lowest BCUT2D eigenvalue weighted by Gasteiger charge is -2.15. The molecule has 5 heteroatoms. The van der Waals surface area contributed by atoms with Crippen LogP contribution < -0.4 is 10.6 Å². The Balaban J connectivity index is 2.45. The monoisotopic (exact) mass is 346 g/mol. The lowest BCUT2D eigenvalue weighted by molar-refractivity contribution is -0.122. The molecule has 0 aliphatic rings. The highest BCUT2D eigenvalue weighted by atomic mass is 79.9. The van der Waals surface area contributed by atoms with E-state index in [2.05, 4.69) is 40.4 Å². The van der Waals surface area contributed by atoms with Crippen LogP contribution in [0.1, 0.15) is 26.3 Å². The fourth-order valence-electron chi connectivity index (χ4n) is 1.48. The molecule has 0 radical (unpaired) electrons. The van der Waals surface area contributed by atoms with E-state index in [1.807, 2.05) is 25.1 Å². The van der Waals surface area contributed by atoms with Crippen molar-refractivity contribution in [3.63, 3.8) is 0 Å². The third kappa shape index (κ3) is 5.93. The molecule has 1 aromatic rings. The van der Waals surface area contributed by atoms with Crippen LogP contribution in [0.2, 0.25) is 5.02 Å². The molecule has 0 fully saturated rings. The average Bonchev–Trinajstić information content (AvgIpc) is 2.34. The number of rotatable bonds is 6. The normalized spacial score (nSPS) is 12.5. The van der Waals surface area contributed by atoms with Crippen LogP contribution in [0, 0.1) is 5.92 Å². The molecule has 0 aromatic heterocycles. The maximum atomic E-state index is 11.8. The van der Waals surface area contributed by atoms with Crippen molar-refractivity contribution in [3.05, 3.63) is 33.3 Å². The summed E-state index contributed by atoms with van der Waals surface area (Å²) in [6, 6.07) is 5.49. The highest BCUT2D eigenvalue weighted by molar-refractivity contribution is 9.10. The van der Waals surface area contributed by atoms with Gasteiger partial charge in [0.05, 0.1) is 6.04 Å². The number of hydrogen-bond donors (Lipinski definition) is 2. The third-order valence-corrected chi connectivity index (χ3v) is 3.54. The first-order valence-electron chi connectivity index (χ1n) is 6.35. The van der Waals surface area contributed by atoms with Gasteiger partial charge in [-0.25, -0.2) is 0 Å². The Morgan fingerprint density at radius 1 is 1.37 bits per heavy atom. The van der Waals surface area contributed by atoms with Crippen molar-refractivity contribution in [1.29, 1.82) is 0 Å². The van der Waals surface area contributed by atoms with E-state index in [1.54, 1.807) is 0 Å². The summed E-state index contributed by atoms with van der Waals surface area (Å²) in [4.78, 5) is 11.8. The van der Waals surface area contributed by atoms with Crippen LogP contribution in [0.4, 0.5) is 0 Å². The molecule has 19 heavy (non-hydrogen) atoms. The molecule has 2 N–H and O–H groups in total. The summed E-state index contributed by atoms with van der Waals surface area (Å²) < 4.78 is 0.948. The van der Waals surface area contributed by atoms with Gasteiger partial charge in [-0.1, -0.05) is 47.4 Å². The van der Waals surface area contributed by atoms with Crippen molar-refractivity contribution < 1.29 is 4.79 Å². The van der Waals surface area contributed by atoms with Gasteiger partial charge in [0.15, 0.2) is 0 Å². The van der Waals surface area contributed by atoms with Crippen LogP contribution in [0.15, 0.2) is 22.7 Å². The molecular formula is C14H20BrClN2O. The highest BCUT2D eigenvalue weighted by Crippen LogP contribution is 2.21. The lowest BCUT2D eigenvalue weighted by atomic mass is 10.2. The first-order chi connectivity index (χ1) is 8.90. The van der Waals surface area contributed by atoms with Crippen molar-refractivity contribution in [2.24, 2.45) is 5.92 Å². The van der Waals surface area contributed by atoms with Crippen LogP contribution in [-0.4, -0.2) is 18.5 Å². The van der Waals surface area contributed by atoms with Gasteiger partial charge in [-0.05, 0) is 30.5 Å². The summed E-state index contributed by atoms with van der Waals surface area (Å²) >= 11 is 9.49. The number of hydrogen-bond acceptors (Lipinski definition) is 2. The highest BCUT2D eigenvalue weighted by Gasteiger charge is 2.12. The first-order valence-corrected chi connectivity index (χ1v) is 7.52. The third-order valence-electron chi connectivity index (χ3n) is 2.69. The predicted octanol–water partition coefficient (Wildman–Crippen LogP) is 3.35. The molecule has 0 saturated carbocycles. The molecule has 106 valence electrons. The molecule has 0 spiro atoms. The number of carbonyl (C=O) groups excluding carboxylic acids is 1. The second-order valence-corrected chi connectivity index (χ2v) is 6.30. The van der Waals surface area contributed by atoms with E-state index < -0.39 is 0 Å². The Labute approximate surface area is 128 Å². The minimum absolute atomic E-state index is 0.0157. The molecule has 0 heterocycles. The van der Waals surface area contributed by atoms with E-state index in [0.717, 1.165) is 10.0 Å². The second-order valence-electron chi connectivity index (χ2n) is 4.98. The van der Waals surface area contributed by atoms with Gasteiger partial charge in [0.1, 0.15) is 0 Å². The Bertz CT molecular complexity index is 437. The van der Waals surface area contributed by atoms with Crippen molar-refractivity contribution in [1.82, 2.24) is 10.6 Å². The Morgan fingerprint density at radius 3 is 2.63 bits per heavy atom. The topological polar surface area (TPSA) is 41.1 Å². The Hall–Kier alpha value is -0.580. The standard InChI is InChI=1S/C14H20BrClN2O/c1-9(2)7-18-14(19)10(3)17-8-11-4-5-12(15)6-13(11)16/h4-6,9-10,17H,7-8H2,1-3H3,(H,18,19). The molecule has 0 aliphatic heterocycles. The van der Waals surface area contributed by atoms with Crippen LogP contribution >= 0.6 is 27.5 Å². The summed E-state index contributed by atoms with van der Waals surface area (Å²) in [5, 5.41) is 6.76. The summed E-state index contributed by atoms with van der Waals surface area (Å²) in [6.45, 7) is 7.26. The quantitative estimate of drug-likeness (QED) is 0.828. The fourth-order valence-corrected chi connectivity index (χ4v) is 2.22. The van der Waals surface area contributed by atoms with Crippen LogP contribution in [0.25, 0.3) is 0 Å². The van der Waals surface area contributed by atoms with Gasteiger partial charge >= 0.3 is 0 Å². The molecule has 0 saturated heterocycles. The SMILES string of the molecule is CC(C)CNC(=O)C(C)NCc1ccc(Br)cc1Cl. The van der Waals surface area contributed by atoms with Crippen molar-refractivity contribution in [2.45, 2.75) is 33.4 Å². The molecule has 0 bridgehead atoms. The van der Waals surface area contributed by atoms with E-state index in [-0.39, 0.29) is 11.9 Å². The van der Waals surface area contributed by atoms with Gasteiger partial charge in [0.2, 0.25) is 5.91 Å². The fraction of sp³-hybridized carbons (Fsp3) is 0.500. The van der Waals surface area contributed by atoms with Crippen LogP contribution in [0.3, 0.4) is 0 Å². The summed E-state index contributed by atoms with van der Waals surface area (Å²) in [7, 11) is 0. The molecular weight excluding hydrogens is 328 g/mol. The van der Waals surface area contributed by atoms with Crippen molar-refractivity contribution in [2.75, 3.05) is 6.54 Å². The van der Waals surface area contributed by atoms with E-state index in [0.29, 0.717) is 24.0 Å². The number of amides is 1. The average molecular weight is 348 g/mol. The second kappa shape index (κ2) is 7.88. The lowest BCUT2D eigenvalue weighted by Crippen LogP contribution is -2.43. The zero-order valence-corrected chi connectivity index (χ0v) is 13.8. The summed E-state index contributed by atoms with van der Waals surface area (Å²) in [5.41, 5.74) is 0.980. The van der Waals surface area contributed by atoms with Gasteiger partial charge in [-0.3, -0.25) is 4.79 Å².